The first-order valence-electron chi connectivity index (χ1n) is 12.2. The minimum Gasteiger partial charge on any atom is -0.493 e. The van der Waals surface area contributed by atoms with E-state index < -0.39 is 7.26 Å². The molecule has 0 N–H and O–H groups in total. The van der Waals surface area contributed by atoms with Gasteiger partial charge in [0, 0.05) is 5.56 Å². The van der Waals surface area contributed by atoms with Crippen LogP contribution in [0.2, 0.25) is 0 Å². The number of rotatable bonds is 9. The average molecular weight is 490 g/mol. The van der Waals surface area contributed by atoms with Crippen LogP contribution < -0.4 is 25.4 Å². The smallest absolute Gasteiger partial charge is 0.168 e. The van der Waals surface area contributed by atoms with Gasteiger partial charge in [0.1, 0.15) is 35.9 Å². The molecule has 0 fully saturated rings. The summed E-state index contributed by atoms with van der Waals surface area (Å²) in [5, 5.41) is 4.04. The van der Waals surface area contributed by atoms with Gasteiger partial charge in [0.2, 0.25) is 0 Å². The molecule has 0 saturated carbocycles. The highest BCUT2D eigenvalue weighted by Crippen LogP contribution is 2.59. The molecule has 0 radical (unpaired) electrons. The fourth-order valence-electron chi connectivity index (χ4n) is 4.76. The van der Waals surface area contributed by atoms with Gasteiger partial charge in [-0.05, 0) is 48.0 Å². The Morgan fingerprint density at radius 3 is 1.47 bits per heavy atom. The van der Waals surface area contributed by atoms with Crippen LogP contribution >= 0.6 is 7.26 Å². The summed E-state index contributed by atoms with van der Waals surface area (Å²) in [6, 6.07) is 49.3. The Kier molecular flexibility index (Phi) is 7.45. The predicted molar refractivity (Wildman–Crippen MR) is 153 cm³/mol. The van der Waals surface area contributed by atoms with Crippen LogP contribution in [0, 0.1) is 0 Å². The standard InChI is InChI=1S/C33H30O2P/c1-34-32-24-14-17-28(33(32)35-25-27-15-6-2-7-16-27)26-36(29-18-8-3-9-19-29,30-20-10-4-11-21-30)31-22-12-5-13-23-31/h2-24H,25-26H2,1H3/q+1. The second-order valence-electron chi connectivity index (χ2n) is 8.70. The number of para-hydroxylation sites is 1. The normalized spacial score (nSPS) is 11.1. The first-order valence-corrected chi connectivity index (χ1v) is 14.2. The first kappa shape index (κ1) is 23.9. The highest BCUT2D eigenvalue weighted by Gasteiger charge is 2.46. The number of methoxy groups -OCH3 is 1. The molecule has 0 atom stereocenters. The summed E-state index contributed by atoms with van der Waals surface area (Å²) in [5.74, 6) is 1.58. The molecule has 2 nitrogen and oxygen atoms in total. The van der Waals surface area contributed by atoms with Crippen LogP contribution in [0.5, 0.6) is 11.5 Å². The van der Waals surface area contributed by atoms with Crippen LogP contribution in [-0.4, -0.2) is 7.11 Å². The molecule has 0 spiro atoms. The zero-order valence-electron chi connectivity index (χ0n) is 20.5. The average Bonchev–Trinajstić information content (AvgIpc) is 2.97. The molecule has 5 aromatic carbocycles. The van der Waals surface area contributed by atoms with E-state index in [2.05, 4.69) is 115 Å². The minimum absolute atomic E-state index is 0.488. The van der Waals surface area contributed by atoms with E-state index in [9.17, 15) is 0 Å². The lowest BCUT2D eigenvalue weighted by molar-refractivity contribution is 0.282. The van der Waals surface area contributed by atoms with Crippen molar-refractivity contribution in [2.75, 3.05) is 7.11 Å². The van der Waals surface area contributed by atoms with Crippen LogP contribution in [0.15, 0.2) is 140 Å². The minimum atomic E-state index is -2.06. The largest absolute Gasteiger partial charge is 0.493 e. The van der Waals surface area contributed by atoms with Crippen molar-refractivity contribution in [1.29, 1.82) is 0 Å². The Balaban J connectivity index is 1.68. The van der Waals surface area contributed by atoms with E-state index in [4.69, 9.17) is 9.47 Å². The van der Waals surface area contributed by atoms with Crippen LogP contribution in [0.3, 0.4) is 0 Å². The number of hydrogen-bond acceptors (Lipinski definition) is 2. The molecule has 0 unspecified atom stereocenters. The Bertz CT molecular complexity index is 1270. The van der Waals surface area contributed by atoms with Gasteiger partial charge in [-0.3, -0.25) is 0 Å². The van der Waals surface area contributed by atoms with Crippen molar-refractivity contribution in [2.45, 2.75) is 12.8 Å². The summed E-state index contributed by atoms with van der Waals surface area (Å²) in [6.07, 6.45) is 0.826. The molecule has 3 heteroatoms. The van der Waals surface area contributed by atoms with Crippen LogP contribution in [0.25, 0.3) is 0 Å². The van der Waals surface area contributed by atoms with Crippen molar-refractivity contribution < 1.29 is 9.47 Å². The van der Waals surface area contributed by atoms with E-state index in [1.54, 1.807) is 7.11 Å². The molecular formula is C33H30O2P+. The van der Waals surface area contributed by atoms with Crippen molar-refractivity contribution >= 4 is 23.2 Å². The third kappa shape index (κ3) is 4.91. The molecule has 36 heavy (non-hydrogen) atoms. The predicted octanol–water partition coefficient (Wildman–Crippen LogP) is 6.77. The number of hydrogen-bond donors (Lipinski definition) is 0. The zero-order chi connectivity index (χ0) is 24.6. The lowest BCUT2D eigenvalue weighted by atomic mass is 10.2. The fourth-order valence-corrected chi connectivity index (χ4v) is 9.01. The van der Waals surface area contributed by atoms with Gasteiger partial charge in [-0.25, -0.2) is 0 Å². The van der Waals surface area contributed by atoms with E-state index in [0.717, 1.165) is 28.8 Å². The number of ether oxygens (including phenoxy) is 2. The topological polar surface area (TPSA) is 18.5 Å². The maximum absolute atomic E-state index is 6.49. The fraction of sp³-hybridized carbons (Fsp3) is 0.0909. The van der Waals surface area contributed by atoms with E-state index in [-0.39, 0.29) is 0 Å². The second-order valence-corrected chi connectivity index (χ2v) is 12.2. The molecule has 0 saturated heterocycles. The van der Waals surface area contributed by atoms with E-state index in [1.807, 2.05) is 24.3 Å². The molecule has 0 bridgehead atoms. The number of benzene rings is 5. The molecule has 0 aromatic heterocycles. The lowest BCUT2D eigenvalue weighted by Crippen LogP contribution is -2.32. The van der Waals surface area contributed by atoms with Crippen molar-refractivity contribution in [1.82, 2.24) is 0 Å². The Labute approximate surface area is 214 Å². The Morgan fingerprint density at radius 1 is 0.528 bits per heavy atom. The van der Waals surface area contributed by atoms with Gasteiger partial charge in [-0.1, -0.05) is 97.1 Å². The first-order chi connectivity index (χ1) is 17.8. The molecular weight excluding hydrogens is 459 g/mol. The third-order valence-corrected chi connectivity index (χ3v) is 10.9. The summed E-state index contributed by atoms with van der Waals surface area (Å²) in [7, 11) is -0.353. The van der Waals surface area contributed by atoms with Gasteiger partial charge in [0.25, 0.3) is 0 Å². The lowest BCUT2D eigenvalue weighted by Gasteiger charge is -2.28. The monoisotopic (exact) mass is 489 g/mol. The van der Waals surface area contributed by atoms with Crippen molar-refractivity contribution in [3.63, 3.8) is 0 Å². The molecule has 0 aliphatic heterocycles. The quantitative estimate of drug-likeness (QED) is 0.213. The van der Waals surface area contributed by atoms with Gasteiger partial charge in [0.05, 0.1) is 7.11 Å². The van der Waals surface area contributed by atoms with Gasteiger partial charge in [-0.15, -0.1) is 0 Å². The Morgan fingerprint density at radius 2 is 1.00 bits per heavy atom. The van der Waals surface area contributed by atoms with E-state index >= 15 is 0 Å². The molecule has 0 amide bonds. The van der Waals surface area contributed by atoms with Gasteiger partial charge in [0.15, 0.2) is 11.5 Å². The maximum Gasteiger partial charge on any atom is 0.168 e. The van der Waals surface area contributed by atoms with Gasteiger partial charge < -0.3 is 9.47 Å². The van der Waals surface area contributed by atoms with Crippen molar-refractivity contribution in [2.24, 2.45) is 0 Å². The second kappa shape index (κ2) is 11.2. The molecule has 0 aliphatic rings. The summed E-state index contributed by atoms with van der Waals surface area (Å²) in [5.41, 5.74) is 2.28. The van der Waals surface area contributed by atoms with Gasteiger partial charge in [-0.2, -0.15) is 0 Å². The third-order valence-electron chi connectivity index (χ3n) is 6.50. The van der Waals surface area contributed by atoms with Crippen molar-refractivity contribution in [3.05, 3.63) is 151 Å². The van der Waals surface area contributed by atoms with E-state index in [0.29, 0.717) is 6.61 Å². The van der Waals surface area contributed by atoms with Crippen LogP contribution in [-0.2, 0) is 12.8 Å². The molecule has 178 valence electrons. The summed E-state index contributed by atoms with van der Waals surface area (Å²) in [6.45, 7) is 0.488. The maximum atomic E-state index is 6.49. The SMILES string of the molecule is COc1cccc(C[P+](c2ccccc2)(c2ccccc2)c2ccccc2)c1OCc1ccccc1. The molecule has 0 aliphatic carbocycles. The van der Waals surface area contributed by atoms with Crippen LogP contribution in [0.4, 0.5) is 0 Å². The highest BCUT2D eigenvalue weighted by molar-refractivity contribution is 7.95. The molecule has 5 aromatic rings. The molecule has 0 heterocycles. The van der Waals surface area contributed by atoms with E-state index in [1.165, 1.54) is 15.9 Å². The van der Waals surface area contributed by atoms with Crippen molar-refractivity contribution in [3.8, 4) is 11.5 Å². The molecule has 5 rings (SSSR count). The van der Waals surface area contributed by atoms with Gasteiger partial charge >= 0.3 is 0 Å². The van der Waals surface area contributed by atoms with Crippen LogP contribution in [0.1, 0.15) is 11.1 Å². The summed E-state index contributed by atoms with van der Waals surface area (Å²) >= 11 is 0. The summed E-state index contributed by atoms with van der Waals surface area (Å²) in [4.78, 5) is 0. The highest BCUT2D eigenvalue weighted by atomic mass is 31.2. The zero-order valence-corrected chi connectivity index (χ0v) is 21.4. The summed E-state index contributed by atoms with van der Waals surface area (Å²) < 4.78 is 12.3. The Hall–Kier alpha value is -3.87.